The van der Waals surface area contributed by atoms with Crippen molar-refractivity contribution in [3.63, 3.8) is 0 Å². The van der Waals surface area contributed by atoms with Crippen LogP contribution in [0.1, 0.15) is 19.0 Å². The summed E-state index contributed by atoms with van der Waals surface area (Å²) >= 11 is 0. The Morgan fingerprint density at radius 3 is 2.60 bits per heavy atom. The van der Waals surface area contributed by atoms with E-state index in [0.717, 1.165) is 56.2 Å². The Hall–Kier alpha value is -2.83. The number of para-hydroxylation sites is 2. The first-order chi connectivity index (χ1) is 12.3. The molecule has 4 rings (SSSR count). The second-order valence-electron chi connectivity index (χ2n) is 6.29. The molecular weight excluding hydrogens is 316 g/mol. The predicted octanol–water partition coefficient (Wildman–Crippen LogP) is 2.11. The molecule has 0 unspecified atom stereocenters. The third kappa shape index (κ3) is 2.97. The van der Waals surface area contributed by atoms with Crippen molar-refractivity contribution in [1.82, 2.24) is 19.6 Å². The minimum Gasteiger partial charge on any atom is -0.506 e. The second-order valence-corrected chi connectivity index (χ2v) is 6.29. The molecule has 1 N–H and O–H groups in total. The van der Waals surface area contributed by atoms with Crippen molar-refractivity contribution in [2.45, 2.75) is 19.8 Å². The van der Waals surface area contributed by atoms with E-state index >= 15 is 0 Å². The predicted molar refractivity (Wildman–Crippen MR) is 97.3 cm³/mol. The Morgan fingerprint density at radius 2 is 1.84 bits per heavy atom. The fraction of sp³-hybridized carbons (Fsp3) is 0.389. The van der Waals surface area contributed by atoms with Gasteiger partial charge in [-0.25, -0.2) is 4.98 Å². The monoisotopic (exact) mass is 338 g/mol. The molecule has 2 aromatic heterocycles. The quantitative estimate of drug-likeness (QED) is 0.786. The summed E-state index contributed by atoms with van der Waals surface area (Å²) in [6.07, 6.45) is 3.55. The van der Waals surface area contributed by atoms with Crippen LogP contribution in [0.15, 0.2) is 36.7 Å². The molecular formula is C18H22N6O. The van der Waals surface area contributed by atoms with Crippen molar-refractivity contribution in [2.75, 3.05) is 36.0 Å². The van der Waals surface area contributed by atoms with Crippen LogP contribution >= 0.6 is 0 Å². The summed E-state index contributed by atoms with van der Waals surface area (Å²) in [5, 5.41) is 14.4. The first-order valence-electron chi connectivity index (χ1n) is 8.74. The molecule has 3 heterocycles. The number of nitrogens with zero attached hydrogens (tertiary/aromatic N) is 6. The van der Waals surface area contributed by atoms with E-state index in [1.54, 1.807) is 12.4 Å². The van der Waals surface area contributed by atoms with Crippen LogP contribution in [0, 0.1) is 0 Å². The van der Waals surface area contributed by atoms with Crippen molar-refractivity contribution < 1.29 is 5.11 Å². The standard InChI is InChI=1S/C18H22N6O/c1-2-5-14-12-17(24-18(21-14)19-13-20-24)23-10-8-22(9-11-23)15-6-3-4-7-16(15)25/h3-4,6-7,12-13,25H,2,5,8-11H2,1H3. The van der Waals surface area contributed by atoms with Crippen LogP contribution in [0.25, 0.3) is 5.78 Å². The Balaban J connectivity index is 1.57. The van der Waals surface area contributed by atoms with Crippen LogP contribution in [0.3, 0.4) is 0 Å². The van der Waals surface area contributed by atoms with Gasteiger partial charge in [-0.05, 0) is 18.6 Å². The number of fused-ring (bicyclic) bond motifs is 1. The molecule has 1 aromatic carbocycles. The van der Waals surface area contributed by atoms with Gasteiger partial charge < -0.3 is 14.9 Å². The number of phenolic OH excluding ortho intramolecular Hbond substituents is 1. The maximum Gasteiger partial charge on any atom is 0.254 e. The van der Waals surface area contributed by atoms with Crippen molar-refractivity contribution in [3.8, 4) is 5.75 Å². The molecule has 0 spiro atoms. The van der Waals surface area contributed by atoms with Gasteiger partial charge in [-0.1, -0.05) is 25.5 Å². The fourth-order valence-corrected chi connectivity index (χ4v) is 3.36. The van der Waals surface area contributed by atoms with E-state index in [4.69, 9.17) is 0 Å². The first-order valence-corrected chi connectivity index (χ1v) is 8.74. The van der Waals surface area contributed by atoms with Crippen LogP contribution in [0.4, 0.5) is 11.5 Å². The van der Waals surface area contributed by atoms with Gasteiger partial charge in [-0.3, -0.25) is 0 Å². The highest BCUT2D eigenvalue weighted by atomic mass is 16.3. The highest BCUT2D eigenvalue weighted by molar-refractivity contribution is 5.59. The van der Waals surface area contributed by atoms with Gasteiger partial charge in [0.25, 0.3) is 5.78 Å². The Kier molecular flexibility index (Phi) is 4.13. The maximum absolute atomic E-state index is 10.1. The highest BCUT2D eigenvalue weighted by Gasteiger charge is 2.22. The van der Waals surface area contributed by atoms with Gasteiger partial charge in [-0.2, -0.15) is 14.6 Å². The number of hydrogen-bond donors (Lipinski definition) is 1. The number of anilines is 2. The summed E-state index contributed by atoms with van der Waals surface area (Å²) in [6, 6.07) is 9.64. The lowest BCUT2D eigenvalue weighted by Gasteiger charge is -2.37. The number of hydrogen-bond acceptors (Lipinski definition) is 6. The number of aryl methyl sites for hydroxylation is 1. The Morgan fingerprint density at radius 1 is 1.08 bits per heavy atom. The lowest BCUT2D eigenvalue weighted by Crippen LogP contribution is -2.47. The molecule has 3 aromatic rings. The third-order valence-corrected chi connectivity index (χ3v) is 4.62. The van der Waals surface area contributed by atoms with E-state index < -0.39 is 0 Å². The lowest BCUT2D eigenvalue weighted by atomic mass is 10.2. The van der Waals surface area contributed by atoms with Gasteiger partial charge >= 0.3 is 0 Å². The zero-order valence-corrected chi connectivity index (χ0v) is 14.3. The zero-order valence-electron chi connectivity index (χ0n) is 14.3. The van der Waals surface area contributed by atoms with E-state index in [1.807, 2.05) is 22.7 Å². The maximum atomic E-state index is 10.1. The molecule has 0 amide bonds. The average Bonchev–Trinajstić information content (AvgIpc) is 3.11. The Labute approximate surface area is 146 Å². The minimum absolute atomic E-state index is 0.337. The molecule has 0 saturated carbocycles. The second kappa shape index (κ2) is 6.58. The molecule has 1 aliphatic rings. The van der Waals surface area contributed by atoms with Crippen LogP contribution in [0.5, 0.6) is 5.75 Å². The van der Waals surface area contributed by atoms with Gasteiger partial charge in [0.2, 0.25) is 0 Å². The third-order valence-electron chi connectivity index (χ3n) is 4.62. The van der Waals surface area contributed by atoms with E-state index in [2.05, 4.69) is 37.9 Å². The van der Waals surface area contributed by atoms with Gasteiger partial charge in [0.15, 0.2) is 0 Å². The molecule has 7 heteroatoms. The lowest BCUT2D eigenvalue weighted by molar-refractivity contribution is 0.472. The van der Waals surface area contributed by atoms with Crippen LogP contribution in [-0.4, -0.2) is 50.9 Å². The van der Waals surface area contributed by atoms with E-state index in [9.17, 15) is 5.11 Å². The van der Waals surface area contributed by atoms with Gasteiger partial charge in [0.05, 0.1) is 5.69 Å². The van der Waals surface area contributed by atoms with E-state index in [0.29, 0.717) is 11.5 Å². The van der Waals surface area contributed by atoms with Crippen molar-refractivity contribution in [2.24, 2.45) is 0 Å². The van der Waals surface area contributed by atoms with E-state index in [-0.39, 0.29) is 0 Å². The number of aromatic nitrogens is 4. The molecule has 1 aliphatic heterocycles. The summed E-state index contributed by atoms with van der Waals surface area (Å²) in [5.41, 5.74) is 1.95. The van der Waals surface area contributed by atoms with Crippen LogP contribution < -0.4 is 9.80 Å². The molecule has 0 radical (unpaired) electrons. The van der Waals surface area contributed by atoms with E-state index in [1.165, 1.54) is 0 Å². The van der Waals surface area contributed by atoms with Crippen molar-refractivity contribution >= 4 is 17.3 Å². The molecule has 0 atom stereocenters. The number of benzene rings is 1. The number of piperazine rings is 1. The highest BCUT2D eigenvalue weighted by Crippen LogP contribution is 2.28. The number of phenols is 1. The summed E-state index contributed by atoms with van der Waals surface area (Å²) in [4.78, 5) is 13.4. The fourth-order valence-electron chi connectivity index (χ4n) is 3.36. The van der Waals surface area contributed by atoms with Crippen LogP contribution in [-0.2, 0) is 6.42 Å². The molecule has 25 heavy (non-hydrogen) atoms. The Bertz CT molecular complexity index is 869. The molecule has 130 valence electrons. The molecule has 1 fully saturated rings. The molecule has 0 aliphatic carbocycles. The molecule has 0 bridgehead atoms. The SMILES string of the molecule is CCCc1cc(N2CCN(c3ccccc3O)CC2)n2ncnc2n1. The first kappa shape index (κ1) is 15.7. The van der Waals surface area contributed by atoms with Gasteiger partial charge in [-0.15, -0.1) is 0 Å². The van der Waals surface area contributed by atoms with Gasteiger partial charge in [0.1, 0.15) is 17.9 Å². The topological polar surface area (TPSA) is 69.8 Å². The summed E-state index contributed by atoms with van der Waals surface area (Å²) in [5.74, 6) is 2.04. The largest absolute Gasteiger partial charge is 0.506 e. The van der Waals surface area contributed by atoms with Crippen LogP contribution in [0.2, 0.25) is 0 Å². The molecule has 7 nitrogen and oxygen atoms in total. The zero-order chi connectivity index (χ0) is 17.2. The number of aromatic hydroxyl groups is 1. The van der Waals surface area contributed by atoms with Crippen molar-refractivity contribution in [1.29, 1.82) is 0 Å². The summed E-state index contributed by atoms with van der Waals surface area (Å²) in [7, 11) is 0. The van der Waals surface area contributed by atoms with Crippen molar-refractivity contribution in [3.05, 3.63) is 42.4 Å². The smallest absolute Gasteiger partial charge is 0.254 e. The average molecular weight is 338 g/mol. The summed E-state index contributed by atoms with van der Waals surface area (Å²) in [6.45, 7) is 5.57. The summed E-state index contributed by atoms with van der Waals surface area (Å²) < 4.78 is 1.81. The van der Waals surface area contributed by atoms with Gasteiger partial charge in [0, 0.05) is 37.9 Å². The minimum atomic E-state index is 0.337. The molecule has 1 saturated heterocycles. The normalized spacial score (nSPS) is 15.1. The number of rotatable bonds is 4.